The zero-order valence-corrected chi connectivity index (χ0v) is 9.81. The molecule has 2 rings (SSSR count). The van der Waals surface area contributed by atoms with Gasteiger partial charge >= 0.3 is 83.3 Å². The third-order valence-electron chi connectivity index (χ3n) is 1.93. The van der Waals surface area contributed by atoms with Gasteiger partial charge in [0.05, 0.1) is 0 Å². The molecule has 0 saturated carbocycles. The molecule has 0 saturated heterocycles. The van der Waals surface area contributed by atoms with Gasteiger partial charge in [0.25, 0.3) is 0 Å². The number of hydrogen-bond acceptors (Lipinski definition) is 2. The SMILES string of the molecule is CSC1=[As]c2ccccc2N1C. The van der Waals surface area contributed by atoms with Crippen LogP contribution in [-0.4, -0.2) is 32.4 Å². The maximum atomic E-state index is 2.32. The Balaban J connectivity index is 2.47. The van der Waals surface area contributed by atoms with Gasteiger partial charge in [-0.25, -0.2) is 0 Å². The second-order valence-corrected chi connectivity index (χ2v) is 6.47. The molecule has 12 heavy (non-hydrogen) atoms. The van der Waals surface area contributed by atoms with Gasteiger partial charge in [0, 0.05) is 0 Å². The van der Waals surface area contributed by atoms with Crippen molar-refractivity contribution in [2.75, 3.05) is 18.2 Å². The molecule has 0 fully saturated rings. The first-order chi connectivity index (χ1) is 5.83. The van der Waals surface area contributed by atoms with Crippen molar-refractivity contribution < 1.29 is 0 Å². The van der Waals surface area contributed by atoms with Crippen LogP contribution in [-0.2, 0) is 0 Å². The molecule has 1 nitrogen and oxygen atoms in total. The number of thioether (sulfide) groups is 1. The molecule has 0 amide bonds. The van der Waals surface area contributed by atoms with Gasteiger partial charge in [-0.05, 0) is 0 Å². The van der Waals surface area contributed by atoms with E-state index in [9.17, 15) is 0 Å². The fraction of sp³-hybridized carbons (Fsp3) is 0.222. The Bertz CT molecular complexity index is 335. The molecule has 0 aromatic heterocycles. The zero-order chi connectivity index (χ0) is 8.55. The fourth-order valence-corrected chi connectivity index (χ4v) is 4.88. The Hall–Kier alpha value is -0.202. The van der Waals surface area contributed by atoms with Crippen molar-refractivity contribution >= 4 is 40.9 Å². The average molecular weight is 239 g/mol. The standard InChI is InChI=1S/C9H10AsNS/c1-11-8-6-4-3-5-7(8)10-9(11)12-2/h3-6H,1-2H3. The number of nitrogens with zero attached hydrogens (tertiary/aromatic N) is 1. The monoisotopic (exact) mass is 239 g/mol. The number of hydrogen-bond donors (Lipinski definition) is 0. The van der Waals surface area contributed by atoms with Crippen molar-refractivity contribution in [1.29, 1.82) is 0 Å². The Morgan fingerprint density at radius 2 is 2.08 bits per heavy atom. The summed E-state index contributed by atoms with van der Waals surface area (Å²) in [6.07, 6.45) is 2.16. The summed E-state index contributed by atoms with van der Waals surface area (Å²) in [5.74, 6) is 0. The van der Waals surface area contributed by atoms with E-state index in [1.54, 1.807) is 4.35 Å². The Labute approximate surface area is 83.4 Å². The Kier molecular flexibility index (Phi) is 2.29. The van der Waals surface area contributed by atoms with E-state index >= 15 is 0 Å². The first-order valence-electron chi connectivity index (χ1n) is 3.78. The topological polar surface area (TPSA) is 3.24 Å². The van der Waals surface area contributed by atoms with Gasteiger partial charge in [0.2, 0.25) is 0 Å². The summed E-state index contributed by atoms with van der Waals surface area (Å²) in [6, 6.07) is 8.69. The molecule has 0 atom stereocenters. The van der Waals surface area contributed by atoms with E-state index in [0.717, 1.165) is 0 Å². The molecule has 1 aromatic carbocycles. The number of benzene rings is 1. The van der Waals surface area contributed by atoms with Crippen LogP contribution in [0.5, 0.6) is 0 Å². The van der Waals surface area contributed by atoms with Crippen molar-refractivity contribution in [2.45, 2.75) is 0 Å². The summed E-state index contributed by atoms with van der Waals surface area (Å²) in [5.41, 5.74) is 1.40. The van der Waals surface area contributed by atoms with Gasteiger partial charge in [-0.2, -0.15) is 0 Å². The van der Waals surface area contributed by atoms with E-state index in [1.165, 1.54) is 9.45 Å². The minimum atomic E-state index is 0.267. The summed E-state index contributed by atoms with van der Waals surface area (Å²) < 4.78 is 3.08. The average Bonchev–Trinajstić information content (AvgIpc) is 2.44. The second-order valence-electron chi connectivity index (χ2n) is 2.65. The number of anilines is 1. The van der Waals surface area contributed by atoms with E-state index in [2.05, 4.69) is 42.5 Å². The molecule has 1 aromatic rings. The van der Waals surface area contributed by atoms with E-state index < -0.39 is 0 Å². The normalized spacial score (nSPS) is 15.8. The van der Waals surface area contributed by atoms with E-state index in [4.69, 9.17) is 0 Å². The van der Waals surface area contributed by atoms with Crippen molar-refractivity contribution in [1.82, 2.24) is 0 Å². The van der Waals surface area contributed by atoms with Gasteiger partial charge in [-0.15, -0.1) is 0 Å². The molecule has 3 heteroatoms. The molecule has 0 radical (unpaired) electrons. The molecular formula is C9H10AsNS. The predicted molar refractivity (Wildman–Crippen MR) is 58.8 cm³/mol. The summed E-state index contributed by atoms with van der Waals surface area (Å²) in [6.45, 7) is 0. The summed E-state index contributed by atoms with van der Waals surface area (Å²) in [7, 11) is 2.16. The quantitative estimate of drug-likeness (QED) is 0.670. The fourth-order valence-electron chi connectivity index (χ4n) is 1.31. The first-order valence-corrected chi connectivity index (χ1v) is 6.88. The number of para-hydroxylation sites is 1. The third-order valence-corrected chi connectivity index (χ3v) is 6.52. The molecule has 0 bridgehead atoms. The summed E-state index contributed by atoms with van der Waals surface area (Å²) in [4.78, 5) is 2.32. The van der Waals surface area contributed by atoms with Crippen molar-refractivity contribution in [3.63, 3.8) is 0 Å². The van der Waals surface area contributed by atoms with Crippen LogP contribution in [0.15, 0.2) is 24.3 Å². The number of fused-ring (bicyclic) bond motifs is 1. The van der Waals surface area contributed by atoms with Crippen molar-refractivity contribution in [3.05, 3.63) is 24.3 Å². The van der Waals surface area contributed by atoms with Crippen LogP contribution < -0.4 is 9.25 Å². The molecule has 0 unspecified atom stereocenters. The minimum absolute atomic E-state index is 0.267. The van der Waals surface area contributed by atoms with E-state index in [-0.39, 0.29) is 15.3 Å². The zero-order valence-electron chi connectivity index (χ0n) is 7.11. The molecule has 0 N–H and O–H groups in total. The molecule has 1 aliphatic heterocycles. The summed E-state index contributed by atoms with van der Waals surface area (Å²) in [5, 5.41) is 0. The molecule has 1 heterocycles. The molecule has 0 spiro atoms. The first kappa shape index (κ1) is 8.40. The second kappa shape index (κ2) is 3.27. The van der Waals surface area contributed by atoms with Crippen LogP contribution in [0.3, 0.4) is 0 Å². The van der Waals surface area contributed by atoms with Gasteiger partial charge < -0.3 is 0 Å². The van der Waals surface area contributed by atoms with Crippen molar-refractivity contribution in [3.8, 4) is 0 Å². The molecule has 62 valence electrons. The van der Waals surface area contributed by atoms with Gasteiger partial charge in [0.1, 0.15) is 0 Å². The van der Waals surface area contributed by atoms with Crippen LogP contribution in [0.4, 0.5) is 5.69 Å². The number of rotatable bonds is 1. The van der Waals surface area contributed by atoms with E-state index in [0.29, 0.717) is 0 Å². The van der Waals surface area contributed by atoms with Crippen LogP contribution in [0.25, 0.3) is 0 Å². The molecule has 0 aliphatic carbocycles. The molecular weight excluding hydrogens is 229 g/mol. The van der Waals surface area contributed by atoms with Crippen molar-refractivity contribution in [2.24, 2.45) is 0 Å². The summed E-state index contributed by atoms with van der Waals surface area (Å²) >= 11 is 2.15. The maximum absolute atomic E-state index is 2.32. The van der Waals surface area contributed by atoms with Crippen LogP contribution >= 0.6 is 11.8 Å². The van der Waals surface area contributed by atoms with Gasteiger partial charge in [-0.3, -0.25) is 0 Å². The molecule has 1 aliphatic rings. The van der Waals surface area contributed by atoms with Crippen LogP contribution in [0.1, 0.15) is 0 Å². The van der Waals surface area contributed by atoms with Gasteiger partial charge in [0.15, 0.2) is 0 Å². The predicted octanol–water partition coefficient (Wildman–Crippen LogP) is 0.916. The third kappa shape index (κ3) is 1.23. The Morgan fingerprint density at radius 3 is 2.75 bits per heavy atom. The van der Waals surface area contributed by atoms with Crippen LogP contribution in [0, 0.1) is 0 Å². The van der Waals surface area contributed by atoms with E-state index in [1.807, 2.05) is 11.8 Å². The van der Waals surface area contributed by atoms with Crippen LogP contribution in [0.2, 0.25) is 0 Å². The Morgan fingerprint density at radius 1 is 1.33 bits per heavy atom. The van der Waals surface area contributed by atoms with Gasteiger partial charge in [-0.1, -0.05) is 0 Å².